The first-order valence-corrected chi connectivity index (χ1v) is 15.3. The van der Waals surface area contributed by atoms with Crippen molar-refractivity contribution in [2.24, 2.45) is 0 Å². The van der Waals surface area contributed by atoms with E-state index >= 15 is 0 Å². The molecule has 4 heteroatoms. The van der Waals surface area contributed by atoms with E-state index in [1.165, 1.54) is 32.3 Å². The third-order valence-corrected chi connectivity index (χ3v) is 9.17. The summed E-state index contributed by atoms with van der Waals surface area (Å²) in [7, 11) is 0. The van der Waals surface area contributed by atoms with Crippen LogP contribution in [0.4, 0.5) is 4.39 Å². The van der Waals surface area contributed by atoms with Crippen molar-refractivity contribution < 1.29 is 4.39 Å². The van der Waals surface area contributed by atoms with Crippen molar-refractivity contribution in [2.75, 3.05) is 0 Å². The van der Waals surface area contributed by atoms with Crippen LogP contribution in [0.1, 0.15) is 0 Å². The molecule has 0 N–H and O–H groups in total. The van der Waals surface area contributed by atoms with Gasteiger partial charge in [0.1, 0.15) is 5.82 Å². The first-order valence-electron chi connectivity index (χ1n) is 14.5. The maximum Gasteiger partial charge on any atom is 0.160 e. The second kappa shape index (κ2) is 11.0. The van der Waals surface area contributed by atoms with Gasteiger partial charge in [0.25, 0.3) is 0 Å². The first-order chi connectivity index (χ1) is 21.7. The van der Waals surface area contributed by atoms with Crippen LogP contribution in [-0.4, -0.2) is 9.97 Å². The Kier molecular flexibility index (Phi) is 6.55. The summed E-state index contributed by atoms with van der Waals surface area (Å²) in [4.78, 5) is 10.1. The Labute approximate surface area is 258 Å². The van der Waals surface area contributed by atoms with Crippen molar-refractivity contribution in [1.29, 1.82) is 0 Å². The van der Waals surface area contributed by atoms with Crippen LogP contribution in [0.2, 0.25) is 0 Å². The molecule has 0 saturated carbocycles. The van der Waals surface area contributed by atoms with Crippen molar-refractivity contribution in [3.63, 3.8) is 0 Å². The maximum absolute atomic E-state index is 14.0. The number of aromatic nitrogens is 2. The summed E-state index contributed by atoms with van der Waals surface area (Å²) in [5, 5.41) is 2.51. The van der Waals surface area contributed by atoms with Crippen LogP contribution in [0.15, 0.2) is 152 Å². The van der Waals surface area contributed by atoms with Gasteiger partial charge in [0, 0.05) is 36.9 Å². The highest BCUT2D eigenvalue weighted by Crippen LogP contribution is 2.42. The van der Waals surface area contributed by atoms with Crippen LogP contribution in [0.5, 0.6) is 0 Å². The normalized spacial score (nSPS) is 11.3. The van der Waals surface area contributed by atoms with Gasteiger partial charge in [-0.15, -0.1) is 11.3 Å². The van der Waals surface area contributed by atoms with Gasteiger partial charge in [0.2, 0.25) is 0 Å². The van der Waals surface area contributed by atoms with E-state index in [9.17, 15) is 4.39 Å². The zero-order chi connectivity index (χ0) is 29.5. The summed E-state index contributed by atoms with van der Waals surface area (Å²) in [6.07, 6.45) is 0. The second-order valence-corrected chi connectivity index (χ2v) is 11.8. The second-order valence-electron chi connectivity index (χ2n) is 10.8. The van der Waals surface area contributed by atoms with Crippen LogP contribution in [0.3, 0.4) is 0 Å². The van der Waals surface area contributed by atoms with Gasteiger partial charge in [0.15, 0.2) is 5.82 Å². The predicted octanol–water partition coefficient (Wildman–Crippen LogP) is 11.3. The third kappa shape index (κ3) is 4.85. The molecule has 0 aliphatic heterocycles. The Bertz CT molecular complexity index is 2220. The van der Waals surface area contributed by atoms with E-state index in [1.54, 1.807) is 0 Å². The molecule has 0 amide bonds. The minimum Gasteiger partial charge on any atom is -0.228 e. The topological polar surface area (TPSA) is 25.8 Å². The number of thiophene rings is 1. The Morgan fingerprint density at radius 1 is 0.432 bits per heavy atom. The summed E-state index contributed by atoms with van der Waals surface area (Å²) in [5.74, 6) is 0.415. The summed E-state index contributed by atoms with van der Waals surface area (Å²) in [5.41, 5.74) is 8.82. The molecule has 6 aromatic carbocycles. The van der Waals surface area contributed by atoms with Gasteiger partial charge < -0.3 is 0 Å². The fraction of sp³-hybridized carbons (Fsp3) is 0. The van der Waals surface area contributed by atoms with E-state index in [-0.39, 0.29) is 5.82 Å². The fourth-order valence-corrected chi connectivity index (χ4v) is 7.02. The Morgan fingerprint density at radius 2 is 1.05 bits per heavy atom. The lowest BCUT2D eigenvalue weighted by Gasteiger charge is -2.14. The van der Waals surface area contributed by atoms with Gasteiger partial charge in [-0.05, 0) is 64.7 Å². The first kappa shape index (κ1) is 26.2. The van der Waals surface area contributed by atoms with Crippen LogP contribution in [0.25, 0.3) is 76.3 Å². The molecule has 0 fully saturated rings. The van der Waals surface area contributed by atoms with Crippen LogP contribution in [0, 0.1) is 5.82 Å². The molecule has 0 radical (unpaired) electrons. The standard InChI is InChI=1S/C40H25FN2S/c41-32-20-18-26(19-21-32)29-22-30(33-15-9-16-35-34-14-7-8-17-38(34)44-39(33)35)24-31(23-29)37-25-36(27-10-3-1-4-11-27)42-40(43-37)28-12-5-2-6-13-28/h1-25H. The number of halogens is 1. The Morgan fingerprint density at radius 3 is 1.82 bits per heavy atom. The van der Waals surface area contributed by atoms with E-state index in [4.69, 9.17) is 9.97 Å². The summed E-state index contributed by atoms with van der Waals surface area (Å²) in [6, 6.07) is 50.7. The minimum absolute atomic E-state index is 0.254. The van der Waals surface area contributed by atoms with E-state index in [1.807, 2.05) is 72.0 Å². The number of nitrogens with zero attached hydrogens (tertiary/aromatic N) is 2. The van der Waals surface area contributed by atoms with Gasteiger partial charge in [0.05, 0.1) is 11.4 Å². The molecule has 0 bridgehead atoms. The van der Waals surface area contributed by atoms with Crippen LogP contribution in [-0.2, 0) is 0 Å². The summed E-state index contributed by atoms with van der Waals surface area (Å²) in [6.45, 7) is 0. The molecule has 0 saturated heterocycles. The zero-order valence-electron chi connectivity index (χ0n) is 23.6. The Balaban J connectivity index is 1.38. The number of hydrogen-bond acceptors (Lipinski definition) is 3. The molecule has 0 spiro atoms. The smallest absolute Gasteiger partial charge is 0.160 e. The highest BCUT2D eigenvalue weighted by Gasteiger charge is 2.16. The van der Waals surface area contributed by atoms with Gasteiger partial charge in [-0.3, -0.25) is 0 Å². The molecule has 2 aromatic heterocycles. The van der Waals surface area contributed by atoms with Crippen molar-refractivity contribution in [2.45, 2.75) is 0 Å². The lowest BCUT2D eigenvalue weighted by atomic mass is 9.94. The molecular weight excluding hydrogens is 560 g/mol. The molecule has 2 heterocycles. The summed E-state index contributed by atoms with van der Waals surface area (Å²) >= 11 is 1.81. The third-order valence-electron chi connectivity index (χ3n) is 7.95. The zero-order valence-corrected chi connectivity index (χ0v) is 24.4. The molecule has 44 heavy (non-hydrogen) atoms. The fourth-order valence-electron chi connectivity index (χ4n) is 5.78. The van der Waals surface area contributed by atoms with E-state index in [2.05, 4.69) is 78.9 Å². The monoisotopic (exact) mass is 584 g/mol. The van der Waals surface area contributed by atoms with Crippen molar-refractivity contribution >= 4 is 31.5 Å². The molecule has 0 aliphatic carbocycles. The maximum atomic E-state index is 14.0. The number of rotatable bonds is 5. The molecular formula is C40H25FN2S. The average Bonchev–Trinajstić information content (AvgIpc) is 3.48. The molecule has 0 aliphatic rings. The largest absolute Gasteiger partial charge is 0.228 e. The molecule has 208 valence electrons. The predicted molar refractivity (Wildman–Crippen MR) is 182 cm³/mol. The van der Waals surface area contributed by atoms with Gasteiger partial charge >= 0.3 is 0 Å². The molecule has 8 rings (SSSR count). The average molecular weight is 585 g/mol. The highest BCUT2D eigenvalue weighted by atomic mass is 32.1. The quantitative estimate of drug-likeness (QED) is 0.201. The lowest BCUT2D eigenvalue weighted by Crippen LogP contribution is -1.96. The van der Waals surface area contributed by atoms with Gasteiger partial charge in [-0.1, -0.05) is 109 Å². The van der Waals surface area contributed by atoms with E-state index in [0.29, 0.717) is 5.82 Å². The molecule has 2 nitrogen and oxygen atoms in total. The molecule has 0 unspecified atom stereocenters. The number of hydrogen-bond donors (Lipinski definition) is 0. The van der Waals surface area contributed by atoms with Crippen molar-refractivity contribution in [3.05, 3.63) is 157 Å². The molecule has 8 aromatic rings. The van der Waals surface area contributed by atoms with E-state index in [0.717, 1.165) is 50.3 Å². The van der Waals surface area contributed by atoms with Gasteiger partial charge in [-0.2, -0.15) is 0 Å². The Hall–Kier alpha value is -5.45. The van der Waals surface area contributed by atoms with E-state index < -0.39 is 0 Å². The van der Waals surface area contributed by atoms with Crippen molar-refractivity contribution in [1.82, 2.24) is 9.97 Å². The lowest BCUT2D eigenvalue weighted by molar-refractivity contribution is 0.628. The minimum atomic E-state index is -0.254. The van der Waals surface area contributed by atoms with Crippen LogP contribution < -0.4 is 0 Å². The summed E-state index contributed by atoms with van der Waals surface area (Å²) < 4.78 is 16.5. The van der Waals surface area contributed by atoms with Crippen LogP contribution >= 0.6 is 11.3 Å². The van der Waals surface area contributed by atoms with Crippen molar-refractivity contribution in [3.8, 4) is 56.2 Å². The number of fused-ring (bicyclic) bond motifs is 3. The SMILES string of the molecule is Fc1ccc(-c2cc(-c3cc(-c4ccccc4)nc(-c4ccccc4)n3)cc(-c3cccc4c3sc3ccccc34)c2)cc1. The number of benzene rings is 6. The molecule has 0 atom stereocenters. The van der Waals surface area contributed by atoms with Gasteiger partial charge in [-0.25, -0.2) is 14.4 Å². The highest BCUT2D eigenvalue weighted by molar-refractivity contribution is 7.26.